The third kappa shape index (κ3) is 5.57. The third-order valence-corrected chi connectivity index (χ3v) is 6.25. The quantitative estimate of drug-likeness (QED) is 0.441. The number of nitrogens with zero attached hydrogens (tertiary/aromatic N) is 4. The highest BCUT2D eigenvalue weighted by molar-refractivity contribution is 6.36. The van der Waals surface area contributed by atoms with Crippen LogP contribution in [0.4, 0.5) is 5.69 Å². The van der Waals surface area contributed by atoms with E-state index in [0.717, 1.165) is 44.0 Å². The van der Waals surface area contributed by atoms with E-state index in [4.69, 9.17) is 18.9 Å². The Hall–Kier alpha value is -3.96. The van der Waals surface area contributed by atoms with E-state index in [1.54, 1.807) is 12.0 Å². The topological polar surface area (TPSA) is 114 Å². The summed E-state index contributed by atoms with van der Waals surface area (Å²) in [5.41, 5.74) is 2.03. The molecule has 2 aromatic rings. The van der Waals surface area contributed by atoms with E-state index in [0.29, 0.717) is 42.7 Å². The van der Waals surface area contributed by atoms with Crippen LogP contribution in [0, 0.1) is 0 Å². The van der Waals surface area contributed by atoms with E-state index >= 15 is 0 Å². The molecular formula is C26H29N5O6. The monoisotopic (exact) mass is 507 g/mol. The van der Waals surface area contributed by atoms with Crippen molar-refractivity contribution < 1.29 is 28.5 Å². The highest BCUT2D eigenvalue weighted by atomic mass is 16.5. The number of carbonyl (C=O) groups is 2. The Kier molecular flexibility index (Phi) is 7.62. The van der Waals surface area contributed by atoms with Crippen LogP contribution >= 0.6 is 0 Å². The van der Waals surface area contributed by atoms with Crippen LogP contribution in [-0.2, 0) is 25.7 Å². The van der Waals surface area contributed by atoms with Gasteiger partial charge in [0, 0.05) is 31.7 Å². The minimum atomic E-state index is -0.998. The lowest BCUT2D eigenvalue weighted by molar-refractivity contribution is -0.155. The van der Waals surface area contributed by atoms with Crippen molar-refractivity contribution in [2.24, 2.45) is 9.98 Å². The molecule has 3 aliphatic heterocycles. The van der Waals surface area contributed by atoms with Gasteiger partial charge in [0.25, 0.3) is 0 Å². The molecule has 2 aromatic carbocycles. The van der Waals surface area contributed by atoms with Crippen molar-refractivity contribution in [3.05, 3.63) is 53.6 Å². The van der Waals surface area contributed by atoms with E-state index in [1.807, 2.05) is 42.5 Å². The van der Waals surface area contributed by atoms with Gasteiger partial charge in [-0.1, -0.05) is 30.3 Å². The summed E-state index contributed by atoms with van der Waals surface area (Å²) >= 11 is 0. The molecule has 0 bridgehead atoms. The molecule has 1 N–H and O–H groups in total. The number of aliphatic imine (C=N–C) groups is 2. The van der Waals surface area contributed by atoms with Gasteiger partial charge in [-0.3, -0.25) is 24.9 Å². The Morgan fingerprint density at radius 1 is 1.08 bits per heavy atom. The average molecular weight is 508 g/mol. The number of hydrogen-bond donors (Lipinski definition) is 1. The Bertz CT molecular complexity index is 1210. The number of guanidine groups is 1. The second kappa shape index (κ2) is 11.4. The number of ether oxygens (including phenoxy) is 4. The summed E-state index contributed by atoms with van der Waals surface area (Å²) in [6.45, 7) is 5.49. The van der Waals surface area contributed by atoms with E-state index in [9.17, 15) is 9.59 Å². The number of rotatable bonds is 7. The van der Waals surface area contributed by atoms with Gasteiger partial charge in [0.05, 0.1) is 26.9 Å². The van der Waals surface area contributed by atoms with E-state index in [1.165, 1.54) is 0 Å². The Morgan fingerprint density at radius 3 is 2.68 bits per heavy atom. The third-order valence-electron chi connectivity index (χ3n) is 6.25. The Balaban J connectivity index is 1.31. The largest absolute Gasteiger partial charge is 0.491 e. The van der Waals surface area contributed by atoms with Crippen molar-refractivity contribution in [3.8, 4) is 11.5 Å². The SMILES string of the molecule is COc1c(OCCN2CCOCC2)ccc2c1N=C(NC(=O)C(=O)OCc1ccccc1)N1CCN=C21. The zero-order valence-corrected chi connectivity index (χ0v) is 20.6. The lowest BCUT2D eigenvalue weighted by Crippen LogP contribution is -2.49. The molecule has 0 atom stereocenters. The minimum absolute atomic E-state index is 0.00218. The first-order chi connectivity index (χ1) is 18.1. The van der Waals surface area contributed by atoms with Crippen molar-refractivity contribution in [2.75, 3.05) is 59.7 Å². The van der Waals surface area contributed by atoms with Crippen molar-refractivity contribution in [3.63, 3.8) is 0 Å². The number of nitrogens with one attached hydrogen (secondary N) is 1. The number of benzene rings is 2. The maximum atomic E-state index is 12.6. The lowest BCUT2D eigenvalue weighted by Gasteiger charge is -2.29. The molecule has 11 nitrogen and oxygen atoms in total. The highest BCUT2D eigenvalue weighted by Crippen LogP contribution is 2.43. The second-order valence-electron chi connectivity index (χ2n) is 8.60. The van der Waals surface area contributed by atoms with Gasteiger partial charge < -0.3 is 18.9 Å². The summed E-state index contributed by atoms with van der Waals surface area (Å²) in [7, 11) is 1.54. The maximum absolute atomic E-state index is 12.6. The number of methoxy groups -OCH3 is 1. The van der Waals surface area contributed by atoms with Crippen LogP contribution in [0.2, 0.25) is 0 Å². The predicted molar refractivity (Wildman–Crippen MR) is 135 cm³/mol. The van der Waals surface area contributed by atoms with E-state index < -0.39 is 11.9 Å². The van der Waals surface area contributed by atoms with Gasteiger partial charge in [-0.2, -0.15) is 0 Å². The van der Waals surface area contributed by atoms with Crippen LogP contribution in [-0.4, -0.2) is 93.1 Å². The van der Waals surface area contributed by atoms with Crippen molar-refractivity contribution in [2.45, 2.75) is 6.61 Å². The molecule has 0 radical (unpaired) electrons. The maximum Gasteiger partial charge on any atom is 0.397 e. The molecule has 194 valence electrons. The lowest BCUT2D eigenvalue weighted by atomic mass is 10.1. The van der Waals surface area contributed by atoms with Gasteiger partial charge in [-0.25, -0.2) is 9.79 Å². The predicted octanol–water partition coefficient (Wildman–Crippen LogP) is 1.33. The molecule has 0 aromatic heterocycles. The van der Waals surface area contributed by atoms with Crippen molar-refractivity contribution in [1.82, 2.24) is 15.1 Å². The van der Waals surface area contributed by atoms with Gasteiger partial charge in [-0.05, 0) is 17.7 Å². The fourth-order valence-corrected chi connectivity index (χ4v) is 4.35. The number of hydrogen-bond acceptors (Lipinski definition) is 10. The molecule has 11 heteroatoms. The zero-order valence-electron chi connectivity index (χ0n) is 20.6. The molecule has 37 heavy (non-hydrogen) atoms. The van der Waals surface area contributed by atoms with Crippen LogP contribution in [0.25, 0.3) is 0 Å². The first-order valence-electron chi connectivity index (χ1n) is 12.2. The standard InChI is InChI=1S/C26H29N5O6/c1-34-22-20(36-16-13-30-11-14-35-15-12-30)8-7-19-21(22)28-26(31-10-9-27-23(19)31)29-24(32)25(33)37-17-18-5-3-2-4-6-18/h2-8H,9-17H2,1H3,(H,28,29,32). The van der Waals surface area contributed by atoms with Gasteiger partial charge in [-0.15, -0.1) is 0 Å². The number of fused-ring (bicyclic) bond motifs is 3. The first-order valence-corrected chi connectivity index (χ1v) is 12.2. The van der Waals surface area contributed by atoms with Crippen LogP contribution in [0.5, 0.6) is 11.5 Å². The fourth-order valence-electron chi connectivity index (χ4n) is 4.35. The zero-order chi connectivity index (χ0) is 25.6. The van der Waals surface area contributed by atoms with Gasteiger partial charge >= 0.3 is 11.9 Å². The summed E-state index contributed by atoms with van der Waals surface area (Å²) in [6, 6.07) is 12.9. The first kappa shape index (κ1) is 24.7. The van der Waals surface area contributed by atoms with Crippen molar-refractivity contribution in [1.29, 1.82) is 0 Å². The number of amidine groups is 1. The molecular weight excluding hydrogens is 478 g/mol. The van der Waals surface area contributed by atoms with Gasteiger partial charge in [0.15, 0.2) is 11.5 Å². The normalized spacial score (nSPS) is 16.7. The smallest absolute Gasteiger partial charge is 0.397 e. The number of carbonyl (C=O) groups excluding carboxylic acids is 2. The number of amides is 1. The number of esters is 1. The summed E-state index contributed by atoms with van der Waals surface area (Å²) in [5.74, 6) is -0.0980. The molecule has 0 aliphatic carbocycles. The summed E-state index contributed by atoms with van der Waals surface area (Å²) < 4.78 is 22.3. The van der Waals surface area contributed by atoms with Crippen LogP contribution in [0.3, 0.4) is 0 Å². The summed E-state index contributed by atoms with van der Waals surface area (Å²) in [4.78, 5) is 38.3. The molecule has 0 unspecified atom stereocenters. The molecule has 1 amide bonds. The summed E-state index contributed by atoms with van der Waals surface area (Å²) in [6.07, 6.45) is 0. The second-order valence-corrected chi connectivity index (χ2v) is 8.60. The minimum Gasteiger partial charge on any atom is -0.491 e. The van der Waals surface area contributed by atoms with Crippen molar-refractivity contribution >= 4 is 29.4 Å². The Labute approximate surface area is 214 Å². The van der Waals surface area contributed by atoms with E-state index in [2.05, 4.69) is 20.2 Å². The van der Waals surface area contributed by atoms with Gasteiger partial charge in [0.2, 0.25) is 5.96 Å². The molecule has 3 aliphatic rings. The average Bonchev–Trinajstić information content (AvgIpc) is 3.43. The fraction of sp³-hybridized carbons (Fsp3) is 0.385. The molecule has 0 spiro atoms. The molecule has 5 rings (SSSR count). The van der Waals surface area contributed by atoms with Crippen LogP contribution in [0.1, 0.15) is 11.1 Å². The number of morpholine rings is 1. The highest BCUT2D eigenvalue weighted by Gasteiger charge is 2.34. The van der Waals surface area contributed by atoms with Gasteiger partial charge in [0.1, 0.15) is 24.7 Å². The Morgan fingerprint density at radius 2 is 1.89 bits per heavy atom. The van der Waals surface area contributed by atoms with Crippen LogP contribution in [0.15, 0.2) is 52.4 Å². The molecule has 0 saturated carbocycles. The summed E-state index contributed by atoms with van der Waals surface area (Å²) in [5, 5.41) is 2.59. The van der Waals surface area contributed by atoms with E-state index in [-0.39, 0.29) is 12.6 Å². The molecule has 3 heterocycles. The molecule has 1 fully saturated rings. The molecule has 1 saturated heterocycles. The van der Waals surface area contributed by atoms with Crippen LogP contribution < -0.4 is 14.8 Å².